The van der Waals surface area contributed by atoms with Crippen LogP contribution in [0.2, 0.25) is 0 Å². The summed E-state index contributed by atoms with van der Waals surface area (Å²) in [6, 6.07) is 5.18. The lowest BCUT2D eigenvalue weighted by Crippen LogP contribution is -2.08. The summed E-state index contributed by atoms with van der Waals surface area (Å²) in [5, 5.41) is 0. The molecule has 1 unspecified atom stereocenters. The van der Waals surface area contributed by atoms with Crippen molar-refractivity contribution in [2.45, 2.75) is 26.7 Å². The van der Waals surface area contributed by atoms with Gasteiger partial charge in [-0.3, -0.25) is 4.79 Å². The zero-order valence-corrected chi connectivity index (χ0v) is 10.1. The summed E-state index contributed by atoms with van der Waals surface area (Å²) >= 11 is 0. The molecule has 0 amide bonds. The molecule has 0 radical (unpaired) electrons. The Morgan fingerprint density at radius 2 is 2.19 bits per heavy atom. The van der Waals surface area contributed by atoms with E-state index >= 15 is 0 Å². The van der Waals surface area contributed by atoms with Gasteiger partial charge in [-0.1, -0.05) is 20.3 Å². The summed E-state index contributed by atoms with van der Waals surface area (Å²) in [6.07, 6.45) is 1.55. The van der Waals surface area contributed by atoms with Gasteiger partial charge in [0.1, 0.15) is 5.75 Å². The maximum atomic E-state index is 11.9. The van der Waals surface area contributed by atoms with Crippen LogP contribution in [0.5, 0.6) is 5.75 Å². The lowest BCUT2D eigenvalue weighted by atomic mass is 9.97. The number of carbonyl (C=O) groups excluding carboxylic acids is 1. The van der Waals surface area contributed by atoms with Crippen LogP contribution in [0.1, 0.15) is 37.0 Å². The number of rotatable bonds is 5. The Morgan fingerprint density at radius 3 is 2.69 bits per heavy atom. The molecule has 0 bridgehead atoms. The van der Waals surface area contributed by atoms with E-state index < -0.39 is 0 Å². The number of nitrogen functional groups attached to an aromatic ring is 1. The third-order valence-corrected chi connectivity index (χ3v) is 2.79. The summed E-state index contributed by atoms with van der Waals surface area (Å²) in [5.41, 5.74) is 6.91. The second-order valence-electron chi connectivity index (χ2n) is 4.09. The fourth-order valence-electron chi connectivity index (χ4n) is 1.49. The van der Waals surface area contributed by atoms with Gasteiger partial charge in [-0.25, -0.2) is 0 Å². The maximum absolute atomic E-state index is 11.9. The minimum Gasteiger partial charge on any atom is -0.497 e. The number of benzene rings is 1. The highest BCUT2D eigenvalue weighted by atomic mass is 16.5. The van der Waals surface area contributed by atoms with Crippen molar-refractivity contribution in [1.82, 2.24) is 0 Å². The largest absolute Gasteiger partial charge is 0.497 e. The summed E-state index contributed by atoms with van der Waals surface area (Å²) in [6.45, 7) is 4.15. The first kappa shape index (κ1) is 12.6. The predicted octanol–water partition coefficient (Wildman–Crippen LogP) is 2.90. The minimum atomic E-state index is 0.106. The molecule has 0 aliphatic rings. The van der Waals surface area contributed by atoms with Crippen molar-refractivity contribution in [3.63, 3.8) is 0 Å². The van der Waals surface area contributed by atoms with E-state index in [1.54, 1.807) is 25.3 Å². The average Bonchev–Trinajstić information content (AvgIpc) is 2.28. The Hall–Kier alpha value is -1.51. The summed E-state index contributed by atoms with van der Waals surface area (Å²) in [5.74, 6) is 1.18. The van der Waals surface area contributed by atoms with Crippen molar-refractivity contribution in [2.75, 3.05) is 12.8 Å². The van der Waals surface area contributed by atoms with Crippen molar-refractivity contribution in [3.8, 4) is 5.75 Å². The first-order valence-corrected chi connectivity index (χ1v) is 5.55. The van der Waals surface area contributed by atoms with Crippen LogP contribution in [0.4, 0.5) is 5.69 Å². The number of anilines is 1. The van der Waals surface area contributed by atoms with E-state index in [2.05, 4.69) is 13.8 Å². The van der Waals surface area contributed by atoms with E-state index in [1.165, 1.54) is 0 Å². The third-order valence-electron chi connectivity index (χ3n) is 2.79. The SMILES string of the molecule is CCC(C)CC(=O)c1ccc(OC)cc1N. The zero-order chi connectivity index (χ0) is 12.1. The fourth-order valence-corrected chi connectivity index (χ4v) is 1.49. The molecule has 3 heteroatoms. The van der Waals surface area contributed by atoms with Crippen LogP contribution in [-0.4, -0.2) is 12.9 Å². The number of methoxy groups -OCH3 is 1. The lowest BCUT2D eigenvalue weighted by molar-refractivity contribution is 0.0964. The molecular weight excluding hydrogens is 202 g/mol. The highest BCUT2D eigenvalue weighted by Crippen LogP contribution is 2.22. The van der Waals surface area contributed by atoms with Crippen molar-refractivity contribution in [1.29, 1.82) is 0 Å². The normalized spacial score (nSPS) is 12.2. The number of nitrogens with two attached hydrogens (primary N) is 1. The van der Waals surface area contributed by atoms with Crippen LogP contribution in [0.15, 0.2) is 18.2 Å². The molecule has 3 nitrogen and oxygen atoms in total. The molecule has 0 saturated heterocycles. The maximum Gasteiger partial charge on any atom is 0.165 e. The number of ether oxygens (including phenoxy) is 1. The molecule has 1 rings (SSSR count). The monoisotopic (exact) mass is 221 g/mol. The molecular formula is C13H19NO2. The van der Waals surface area contributed by atoms with E-state index in [4.69, 9.17) is 10.5 Å². The molecule has 2 N–H and O–H groups in total. The van der Waals surface area contributed by atoms with Gasteiger partial charge in [0.25, 0.3) is 0 Å². The highest BCUT2D eigenvalue weighted by molar-refractivity contribution is 6.01. The van der Waals surface area contributed by atoms with E-state index in [0.29, 0.717) is 29.3 Å². The van der Waals surface area contributed by atoms with Crippen LogP contribution >= 0.6 is 0 Å². The summed E-state index contributed by atoms with van der Waals surface area (Å²) < 4.78 is 5.04. The van der Waals surface area contributed by atoms with Gasteiger partial charge in [0.15, 0.2) is 5.78 Å². The molecule has 0 heterocycles. The molecule has 0 saturated carbocycles. The van der Waals surface area contributed by atoms with Crippen LogP contribution in [0.3, 0.4) is 0 Å². The van der Waals surface area contributed by atoms with Crippen molar-refractivity contribution in [3.05, 3.63) is 23.8 Å². The molecule has 1 atom stereocenters. The number of Topliss-reactive ketones (excluding diaryl/α,β-unsaturated/α-hetero) is 1. The zero-order valence-electron chi connectivity index (χ0n) is 10.1. The molecule has 88 valence electrons. The van der Waals surface area contributed by atoms with Gasteiger partial charge in [-0.15, -0.1) is 0 Å². The Morgan fingerprint density at radius 1 is 1.50 bits per heavy atom. The van der Waals surface area contributed by atoms with Gasteiger partial charge in [0.2, 0.25) is 0 Å². The van der Waals surface area contributed by atoms with Crippen molar-refractivity contribution < 1.29 is 9.53 Å². The van der Waals surface area contributed by atoms with Gasteiger partial charge in [0, 0.05) is 23.7 Å². The Kier molecular flexibility index (Phi) is 4.35. The highest BCUT2D eigenvalue weighted by Gasteiger charge is 2.13. The van der Waals surface area contributed by atoms with Crippen LogP contribution in [-0.2, 0) is 0 Å². The Bertz CT molecular complexity index is 374. The molecule has 0 aromatic heterocycles. The second kappa shape index (κ2) is 5.54. The fraction of sp³-hybridized carbons (Fsp3) is 0.462. The topological polar surface area (TPSA) is 52.3 Å². The van der Waals surface area contributed by atoms with Gasteiger partial charge < -0.3 is 10.5 Å². The molecule has 0 aliphatic carbocycles. The predicted molar refractivity (Wildman–Crippen MR) is 65.8 cm³/mol. The van der Waals surface area contributed by atoms with E-state index in [9.17, 15) is 4.79 Å². The lowest BCUT2D eigenvalue weighted by Gasteiger charge is -2.10. The van der Waals surface area contributed by atoms with E-state index in [0.717, 1.165) is 6.42 Å². The number of carbonyl (C=O) groups is 1. The van der Waals surface area contributed by atoms with Gasteiger partial charge in [0.05, 0.1) is 7.11 Å². The standard InChI is InChI=1S/C13H19NO2/c1-4-9(2)7-13(15)11-6-5-10(16-3)8-12(11)14/h5-6,8-9H,4,7,14H2,1-3H3. The van der Waals surface area contributed by atoms with E-state index in [-0.39, 0.29) is 5.78 Å². The minimum absolute atomic E-state index is 0.106. The molecule has 0 spiro atoms. The van der Waals surface area contributed by atoms with Gasteiger partial charge in [-0.05, 0) is 18.1 Å². The summed E-state index contributed by atoms with van der Waals surface area (Å²) in [4.78, 5) is 11.9. The second-order valence-corrected chi connectivity index (χ2v) is 4.09. The molecule has 1 aromatic carbocycles. The van der Waals surface area contributed by atoms with Gasteiger partial charge >= 0.3 is 0 Å². The first-order valence-electron chi connectivity index (χ1n) is 5.55. The van der Waals surface area contributed by atoms with Crippen molar-refractivity contribution in [2.24, 2.45) is 5.92 Å². The smallest absolute Gasteiger partial charge is 0.165 e. The number of ketones is 1. The average molecular weight is 221 g/mol. The molecule has 0 aliphatic heterocycles. The summed E-state index contributed by atoms with van der Waals surface area (Å²) in [7, 11) is 1.58. The number of hydrogen-bond acceptors (Lipinski definition) is 3. The molecule has 1 aromatic rings. The van der Waals surface area contributed by atoms with Crippen molar-refractivity contribution >= 4 is 11.5 Å². The quantitative estimate of drug-likeness (QED) is 0.614. The van der Waals surface area contributed by atoms with Gasteiger partial charge in [-0.2, -0.15) is 0 Å². The Balaban J connectivity index is 2.84. The molecule has 0 fully saturated rings. The van der Waals surface area contributed by atoms with Crippen LogP contribution in [0, 0.1) is 5.92 Å². The third kappa shape index (κ3) is 2.99. The molecule has 16 heavy (non-hydrogen) atoms. The van der Waals surface area contributed by atoms with E-state index in [1.807, 2.05) is 0 Å². The number of hydrogen-bond donors (Lipinski definition) is 1. The van der Waals surface area contributed by atoms with Crippen LogP contribution < -0.4 is 10.5 Å². The Labute approximate surface area is 96.6 Å². The first-order chi connectivity index (χ1) is 7.58. The van der Waals surface area contributed by atoms with Crippen LogP contribution in [0.25, 0.3) is 0 Å².